The third-order valence-electron chi connectivity index (χ3n) is 7.67. The van der Waals surface area contributed by atoms with Crippen molar-refractivity contribution in [3.63, 3.8) is 0 Å². The van der Waals surface area contributed by atoms with Crippen molar-refractivity contribution in [1.29, 1.82) is 0 Å². The van der Waals surface area contributed by atoms with Crippen LogP contribution >= 0.6 is 11.3 Å². The number of carbonyl (C=O) groups excluding carboxylic acids is 1. The minimum absolute atomic E-state index is 0.0219. The van der Waals surface area contributed by atoms with E-state index in [1.54, 1.807) is 0 Å². The number of hydrogen-bond acceptors (Lipinski definition) is 3. The predicted molar refractivity (Wildman–Crippen MR) is 137 cm³/mol. The summed E-state index contributed by atoms with van der Waals surface area (Å²) in [6.45, 7) is 11.4. The molecule has 1 spiro atoms. The van der Waals surface area contributed by atoms with Gasteiger partial charge in [-0.15, -0.1) is 11.3 Å². The monoisotopic (exact) mass is 450 g/mol. The summed E-state index contributed by atoms with van der Waals surface area (Å²) in [5.74, 6) is 0.0219. The van der Waals surface area contributed by atoms with Gasteiger partial charge >= 0.3 is 0 Å². The van der Waals surface area contributed by atoms with Crippen LogP contribution in [0.15, 0.2) is 49.1 Å². The van der Waals surface area contributed by atoms with Crippen LogP contribution in [0.25, 0.3) is 0 Å². The summed E-state index contributed by atoms with van der Waals surface area (Å²) in [6.07, 6.45) is 11.3. The second-order valence-corrected chi connectivity index (χ2v) is 11.0. The van der Waals surface area contributed by atoms with Crippen molar-refractivity contribution in [1.82, 2.24) is 4.90 Å². The van der Waals surface area contributed by atoms with E-state index in [1.807, 2.05) is 16.2 Å². The molecule has 2 aliphatic heterocycles. The zero-order valence-corrected chi connectivity index (χ0v) is 20.6. The van der Waals surface area contributed by atoms with Gasteiger partial charge in [-0.25, -0.2) is 0 Å². The minimum atomic E-state index is 0.0219. The number of rotatable bonds is 8. The number of fused-ring (bicyclic) bond motifs is 2. The minimum Gasteiger partial charge on any atom is -0.309 e. The second kappa shape index (κ2) is 10.4. The van der Waals surface area contributed by atoms with Crippen molar-refractivity contribution in [2.45, 2.75) is 76.7 Å². The first-order valence-electron chi connectivity index (χ1n) is 12.4. The van der Waals surface area contributed by atoms with Gasteiger partial charge in [0.15, 0.2) is 0 Å². The van der Waals surface area contributed by atoms with Gasteiger partial charge in [-0.05, 0) is 94.8 Å². The highest BCUT2D eigenvalue weighted by Crippen LogP contribution is 2.47. The summed E-state index contributed by atoms with van der Waals surface area (Å²) >= 11 is 1.95. The Morgan fingerprint density at radius 3 is 2.56 bits per heavy atom. The summed E-state index contributed by atoms with van der Waals surface area (Å²) in [5, 5.41) is 0. The van der Waals surface area contributed by atoms with Crippen LogP contribution in [0.1, 0.15) is 67.2 Å². The molecular weight excluding hydrogens is 412 g/mol. The number of anilines is 1. The van der Waals surface area contributed by atoms with Crippen LogP contribution in [0.2, 0.25) is 0 Å². The summed E-state index contributed by atoms with van der Waals surface area (Å²) in [7, 11) is 0. The zero-order valence-electron chi connectivity index (χ0n) is 19.8. The van der Waals surface area contributed by atoms with Crippen LogP contribution in [0.5, 0.6) is 0 Å². The van der Waals surface area contributed by atoms with Crippen LogP contribution < -0.4 is 4.90 Å². The van der Waals surface area contributed by atoms with Crippen LogP contribution in [0, 0.1) is 6.92 Å². The Balaban J connectivity index is 1.41. The average molecular weight is 451 g/mol. The molecular formula is C28H38N2OS. The molecule has 4 heteroatoms. The van der Waals surface area contributed by atoms with E-state index < -0.39 is 0 Å². The maximum atomic E-state index is 12.4. The Hall–Kier alpha value is -1.91. The average Bonchev–Trinajstić information content (AvgIpc) is 3.24. The molecule has 1 aromatic heterocycles. The highest BCUT2D eigenvalue weighted by molar-refractivity contribution is 7.11. The summed E-state index contributed by atoms with van der Waals surface area (Å²) in [4.78, 5) is 20.1. The van der Waals surface area contributed by atoms with Crippen molar-refractivity contribution in [2.75, 3.05) is 24.5 Å². The normalized spacial score (nSPS) is 19.0. The standard InChI is InChI=1S/C28H38N2OS/c1-4-9-23(10-8-11-24-15-14-22(3)32-24)29-19-16-28(17-20-29)18-21-30(27(31)5-2)26-13-7-6-12-25(26)28/h5-7,12-15,23H,2,4,8-11,16-21H2,1,3H3. The van der Waals surface area contributed by atoms with E-state index in [2.05, 4.69) is 61.7 Å². The molecule has 172 valence electrons. The van der Waals surface area contributed by atoms with Crippen molar-refractivity contribution in [3.8, 4) is 0 Å². The van der Waals surface area contributed by atoms with Gasteiger partial charge in [-0.3, -0.25) is 4.79 Å². The number of piperidine rings is 1. The molecule has 0 bridgehead atoms. The highest BCUT2D eigenvalue weighted by Gasteiger charge is 2.42. The zero-order chi connectivity index (χ0) is 22.6. The van der Waals surface area contributed by atoms with E-state index in [4.69, 9.17) is 0 Å². The second-order valence-electron chi connectivity index (χ2n) is 9.62. The van der Waals surface area contributed by atoms with Gasteiger partial charge in [-0.1, -0.05) is 38.1 Å². The largest absolute Gasteiger partial charge is 0.309 e. The molecule has 0 N–H and O–H groups in total. The van der Waals surface area contributed by atoms with Crippen molar-refractivity contribution in [2.24, 2.45) is 0 Å². The molecule has 1 amide bonds. The van der Waals surface area contributed by atoms with Gasteiger partial charge in [0, 0.05) is 33.4 Å². The third-order valence-corrected chi connectivity index (χ3v) is 8.73. The molecule has 0 saturated carbocycles. The molecule has 1 aromatic carbocycles. The quantitative estimate of drug-likeness (QED) is 0.428. The number of benzene rings is 1. The first kappa shape index (κ1) is 23.3. The molecule has 0 radical (unpaired) electrons. The van der Waals surface area contributed by atoms with Gasteiger partial charge in [0.25, 0.3) is 0 Å². The van der Waals surface area contributed by atoms with Crippen LogP contribution in [0.4, 0.5) is 5.69 Å². The number of hydrogen-bond donors (Lipinski definition) is 0. The predicted octanol–water partition coefficient (Wildman–Crippen LogP) is 6.50. The Morgan fingerprint density at radius 2 is 1.88 bits per heavy atom. The van der Waals surface area contributed by atoms with Crippen molar-refractivity contribution < 1.29 is 4.79 Å². The molecule has 1 fully saturated rings. The summed E-state index contributed by atoms with van der Waals surface area (Å²) in [6, 6.07) is 13.8. The number of aryl methyl sites for hydroxylation is 2. The number of likely N-dealkylation sites (tertiary alicyclic amines) is 1. The lowest BCUT2D eigenvalue weighted by Crippen LogP contribution is -2.51. The molecule has 1 atom stereocenters. The Kier molecular flexibility index (Phi) is 7.52. The maximum Gasteiger partial charge on any atom is 0.250 e. The smallest absolute Gasteiger partial charge is 0.250 e. The van der Waals surface area contributed by atoms with Crippen LogP contribution in [-0.4, -0.2) is 36.5 Å². The van der Waals surface area contributed by atoms with Gasteiger partial charge in [0.05, 0.1) is 0 Å². The number of nitrogens with zero attached hydrogens (tertiary/aromatic N) is 2. The summed E-state index contributed by atoms with van der Waals surface area (Å²) < 4.78 is 0. The van der Waals surface area contributed by atoms with E-state index in [-0.39, 0.29) is 11.3 Å². The van der Waals surface area contributed by atoms with Gasteiger partial charge in [0.2, 0.25) is 5.91 Å². The van der Waals surface area contributed by atoms with Gasteiger partial charge in [0.1, 0.15) is 0 Å². The topological polar surface area (TPSA) is 23.6 Å². The Bertz CT molecular complexity index is 925. The fourth-order valence-electron chi connectivity index (χ4n) is 5.89. The van der Waals surface area contributed by atoms with Crippen LogP contribution in [-0.2, 0) is 16.6 Å². The Labute approximate surface area is 198 Å². The molecule has 32 heavy (non-hydrogen) atoms. The number of amides is 1. The van der Waals surface area contributed by atoms with Gasteiger partial charge in [-0.2, -0.15) is 0 Å². The lowest BCUT2D eigenvalue weighted by Gasteiger charge is -2.49. The molecule has 1 unspecified atom stereocenters. The maximum absolute atomic E-state index is 12.4. The highest BCUT2D eigenvalue weighted by atomic mass is 32.1. The molecule has 4 rings (SSSR count). The summed E-state index contributed by atoms with van der Waals surface area (Å²) in [5.41, 5.74) is 2.70. The fourth-order valence-corrected chi connectivity index (χ4v) is 6.82. The molecule has 2 aromatic rings. The lowest BCUT2D eigenvalue weighted by atomic mass is 9.67. The van der Waals surface area contributed by atoms with Gasteiger partial charge < -0.3 is 9.80 Å². The number of thiophene rings is 1. The fraction of sp³-hybridized carbons (Fsp3) is 0.536. The third kappa shape index (κ3) is 4.87. The Morgan fingerprint density at radius 1 is 1.12 bits per heavy atom. The first-order chi connectivity index (χ1) is 15.6. The molecule has 3 heterocycles. The van der Waals surface area contributed by atoms with E-state index in [1.165, 1.54) is 79.4 Å². The van der Waals surface area contributed by atoms with E-state index >= 15 is 0 Å². The lowest BCUT2D eigenvalue weighted by molar-refractivity contribution is -0.114. The molecule has 1 saturated heterocycles. The number of carbonyl (C=O) groups is 1. The van der Waals surface area contributed by atoms with E-state index in [9.17, 15) is 4.79 Å². The SMILES string of the molecule is C=CC(=O)N1CCC2(CCN(C(CCC)CCCc3ccc(C)s3)CC2)c2ccccc21. The molecule has 3 nitrogen and oxygen atoms in total. The van der Waals surface area contributed by atoms with Crippen LogP contribution in [0.3, 0.4) is 0 Å². The molecule has 0 aliphatic carbocycles. The first-order valence-corrected chi connectivity index (χ1v) is 13.2. The van der Waals surface area contributed by atoms with Crippen molar-refractivity contribution in [3.05, 3.63) is 64.4 Å². The van der Waals surface area contributed by atoms with Crippen molar-refractivity contribution >= 4 is 22.9 Å². The molecule has 2 aliphatic rings. The number of para-hydroxylation sites is 1. The van der Waals surface area contributed by atoms with E-state index in [0.29, 0.717) is 6.04 Å². The van der Waals surface area contributed by atoms with E-state index in [0.717, 1.165) is 18.7 Å².